The minimum atomic E-state index is -4.65. The van der Waals surface area contributed by atoms with Gasteiger partial charge in [0.25, 0.3) is 10.1 Å². The molecule has 3 rings (SSSR count). The highest BCUT2D eigenvalue weighted by atomic mass is 32.2. The number of hydrogen-bond donors (Lipinski definition) is 2. The van der Waals surface area contributed by atoms with Gasteiger partial charge in [-0.05, 0) is 23.6 Å². The van der Waals surface area contributed by atoms with Gasteiger partial charge in [-0.1, -0.05) is 36.4 Å². The van der Waals surface area contributed by atoms with Gasteiger partial charge in [-0.15, -0.1) is 10.2 Å². The molecule has 3 aromatic carbocycles. The van der Waals surface area contributed by atoms with Gasteiger partial charge in [-0.2, -0.15) is 8.42 Å². The molecule has 0 aliphatic heterocycles. The minimum absolute atomic E-state index is 0.0859. The van der Waals surface area contributed by atoms with Crippen LogP contribution >= 0.6 is 0 Å². The summed E-state index contributed by atoms with van der Waals surface area (Å²) in [5, 5.41) is 18.9. The quantitative estimate of drug-likeness (QED) is 0.536. The second-order valence-electron chi connectivity index (χ2n) is 5.14. The van der Waals surface area contributed by atoms with Crippen LogP contribution in [-0.4, -0.2) is 25.2 Å². The Morgan fingerprint density at radius 3 is 2.32 bits per heavy atom. The second kappa shape index (κ2) is 6.50. The first-order valence-electron chi connectivity index (χ1n) is 7.19. The SMILES string of the molecule is COc1ccccc1N=Nc1cc2ccccc2c(S(=O)(=O)O)c1O. The number of fused-ring (bicyclic) bond motifs is 1. The lowest BCUT2D eigenvalue weighted by atomic mass is 10.1. The van der Waals surface area contributed by atoms with E-state index in [0.717, 1.165) is 0 Å². The monoisotopic (exact) mass is 358 g/mol. The summed E-state index contributed by atoms with van der Waals surface area (Å²) in [6.07, 6.45) is 0. The fourth-order valence-corrected chi connectivity index (χ4v) is 3.26. The second-order valence-corrected chi connectivity index (χ2v) is 6.50. The summed E-state index contributed by atoms with van der Waals surface area (Å²) < 4.78 is 38.0. The molecule has 25 heavy (non-hydrogen) atoms. The van der Waals surface area contributed by atoms with Crippen molar-refractivity contribution in [3.63, 3.8) is 0 Å². The molecule has 0 bridgehead atoms. The lowest BCUT2D eigenvalue weighted by Crippen LogP contribution is -2.00. The smallest absolute Gasteiger partial charge is 0.298 e. The fraction of sp³-hybridized carbons (Fsp3) is 0.0588. The number of ether oxygens (including phenoxy) is 1. The molecule has 0 aliphatic rings. The van der Waals surface area contributed by atoms with Gasteiger partial charge < -0.3 is 9.84 Å². The Morgan fingerprint density at radius 2 is 1.60 bits per heavy atom. The first kappa shape index (κ1) is 16.9. The summed E-state index contributed by atoms with van der Waals surface area (Å²) in [7, 11) is -3.17. The molecule has 2 N–H and O–H groups in total. The Hall–Kier alpha value is -2.97. The van der Waals surface area contributed by atoms with Crippen molar-refractivity contribution in [3.8, 4) is 11.5 Å². The molecular weight excluding hydrogens is 344 g/mol. The molecule has 7 nitrogen and oxygen atoms in total. The number of nitrogens with zero attached hydrogens (tertiary/aromatic N) is 2. The van der Waals surface area contributed by atoms with Crippen molar-refractivity contribution in [2.24, 2.45) is 10.2 Å². The van der Waals surface area contributed by atoms with Gasteiger partial charge in [0.2, 0.25) is 0 Å². The molecule has 0 unspecified atom stereocenters. The zero-order valence-corrected chi connectivity index (χ0v) is 13.9. The number of aromatic hydroxyl groups is 1. The Bertz CT molecular complexity index is 1080. The summed E-state index contributed by atoms with van der Waals surface area (Å²) >= 11 is 0. The molecule has 0 saturated carbocycles. The summed E-state index contributed by atoms with van der Waals surface area (Å²) in [6.45, 7) is 0. The lowest BCUT2D eigenvalue weighted by molar-refractivity contribution is 0.415. The van der Waals surface area contributed by atoms with Crippen molar-refractivity contribution in [3.05, 3.63) is 54.6 Å². The largest absolute Gasteiger partial charge is 0.504 e. The number of hydrogen-bond acceptors (Lipinski definition) is 6. The molecule has 0 fully saturated rings. The number of phenols is 1. The molecule has 0 atom stereocenters. The van der Waals surface area contributed by atoms with Crippen LogP contribution < -0.4 is 4.74 Å². The third-order valence-electron chi connectivity index (χ3n) is 3.56. The number of para-hydroxylation sites is 1. The van der Waals surface area contributed by atoms with E-state index < -0.39 is 20.8 Å². The maximum absolute atomic E-state index is 11.7. The van der Waals surface area contributed by atoms with Crippen molar-refractivity contribution >= 4 is 32.3 Å². The lowest BCUT2D eigenvalue weighted by Gasteiger charge is -2.09. The number of benzene rings is 3. The number of methoxy groups -OCH3 is 1. The van der Waals surface area contributed by atoms with Gasteiger partial charge in [0.15, 0.2) is 5.75 Å². The van der Waals surface area contributed by atoms with Gasteiger partial charge >= 0.3 is 0 Å². The van der Waals surface area contributed by atoms with Crippen molar-refractivity contribution in [1.82, 2.24) is 0 Å². The third kappa shape index (κ3) is 3.30. The van der Waals surface area contributed by atoms with Crippen LogP contribution in [0.2, 0.25) is 0 Å². The van der Waals surface area contributed by atoms with E-state index >= 15 is 0 Å². The first-order valence-corrected chi connectivity index (χ1v) is 8.63. The number of azo groups is 1. The highest BCUT2D eigenvalue weighted by molar-refractivity contribution is 7.86. The predicted octanol–water partition coefficient (Wildman–Crippen LogP) is 4.22. The van der Waals surface area contributed by atoms with Crippen molar-refractivity contribution in [1.29, 1.82) is 0 Å². The Morgan fingerprint density at radius 1 is 0.960 bits per heavy atom. The maximum Gasteiger partial charge on any atom is 0.298 e. The van der Waals surface area contributed by atoms with Crippen molar-refractivity contribution in [2.75, 3.05) is 7.11 Å². The Labute approximate surface area is 144 Å². The van der Waals surface area contributed by atoms with Crippen molar-refractivity contribution < 1.29 is 22.8 Å². The summed E-state index contributed by atoms with van der Waals surface area (Å²) in [6, 6.07) is 14.8. The van der Waals surface area contributed by atoms with E-state index in [2.05, 4.69) is 10.2 Å². The summed E-state index contributed by atoms with van der Waals surface area (Å²) in [5.41, 5.74) is 0.322. The topological polar surface area (TPSA) is 109 Å². The highest BCUT2D eigenvalue weighted by Crippen LogP contribution is 2.40. The maximum atomic E-state index is 11.7. The normalized spacial score (nSPS) is 11.9. The van der Waals surface area contributed by atoms with E-state index in [9.17, 15) is 18.1 Å². The van der Waals surface area contributed by atoms with Gasteiger partial charge in [0, 0.05) is 5.39 Å². The van der Waals surface area contributed by atoms with Crippen LogP contribution in [0.25, 0.3) is 10.8 Å². The molecule has 8 heteroatoms. The first-order chi connectivity index (χ1) is 11.9. The Balaban J connectivity index is 2.21. The predicted molar refractivity (Wildman–Crippen MR) is 92.6 cm³/mol. The molecule has 0 amide bonds. The van der Waals surface area contributed by atoms with E-state index in [4.69, 9.17) is 4.74 Å². The highest BCUT2D eigenvalue weighted by Gasteiger charge is 2.22. The molecule has 0 aromatic heterocycles. The fourth-order valence-electron chi connectivity index (χ4n) is 2.45. The molecule has 0 spiro atoms. The number of rotatable bonds is 4. The minimum Gasteiger partial charge on any atom is -0.504 e. The molecule has 0 radical (unpaired) electrons. The molecular formula is C17H14N2O5S. The van der Waals surface area contributed by atoms with Crippen LogP contribution in [0, 0.1) is 0 Å². The van der Waals surface area contributed by atoms with Crippen LogP contribution in [-0.2, 0) is 10.1 Å². The molecule has 0 heterocycles. The average Bonchev–Trinajstić information content (AvgIpc) is 2.59. The van der Waals surface area contributed by atoms with Crippen LogP contribution in [0.3, 0.4) is 0 Å². The number of phenolic OH excluding ortho intramolecular Hbond substituents is 1. The van der Waals surface area contributed by atoms with E-state index in [-0.39, 0.29) is 11.1 Å². The van der Waals surface area contributed by atoms with Crippen molar-refractivity contribution in [2.45, 2.75) is 4.90 Å². The van der Waals surface area contributed by atoms with Crippen LogP contribution in [0.4, 0.5) is 11.4 Å². The zero-order valence-electron chi connectivity index (χ0n) is 13.1. The van der Waals surface area contributed by atoms with Gasteiger partial charge in [0.1, 0.15) is 22.0 Å². The standard InChI is InChI=1S/C17H14N2O5S/c1-24-15-9-5-4-8-13(15)18-19-14-10-11-6-2-3-7-12(11)17(16(14)20)25(21,22)23/h2-10,20H,1H3,(H,21,22,23). The average molecular weight is 358 g/mol. The molecule has 0 saturated heterocycles. The van der Waals surface area contributed by atoms with Gasteiger partial charge in [0.05, 0.1) is 7.11 Å². The third-order valence-corrected chi connectivity index (χ3v) is 4.49. The van der Waals surface area contributed by atoms with E-state index in [1.165, 1.54) is 19.2 Å². The Kier molecular flexibility index (Phi) is 4.39. The van der Waals surface area contributed by atoms with Crippen LogP contribution in [0.5, 0.6) is 11.5 Å². The van der Waals surface area contributed by atoms with Crippen LogP contribution in [0.1, 0.15) is 0 Å². The van der Waals surface area contributed by atoms with E-state index in [1.54, 1.807) is 42.5 Å². The molecule has 0 aliphatic carbocycles. The van der Waals surface area contributed by atoms with Crippen LogP contribution in [0.15, 0.2) is 69.7 Å². The molecule has 3 aromatic rings. The zero-order chi connectivity index (χ0) is 18.0. The summed E-state index contributed by atoms with van der Waals surface area (Å²) in [5.74, 6) is -0.193. The summed E-state index contributed by atoms with van der Waals surface area (Å²) in [4.78, 5) is -0.598. The van der Waals surface area contributed by atoms with Gasteiger partial charge in [-0.25, -0.2) is 0 Å². The van der Waals surface area contributed by atoms with E-state index in [0.29, 0.717) is 16.8 Å². The molecule has 128 valence electrons. The van der Waals surface area contributed by atoms with E-state index in [1.807, 2.05) is 0 Å². The van der Waals surface area contributed by atoms with Gasteiger partial charge in [-0.3, -0.25) is 4.55 Å².